The van der Waals surface area contributed by atoms with Gasteiger partial charge in [0.05, 0.1) is 6.61 Å². The van der Waals surface area contributed by atoms with Gasteiger partial charge < -0.3 is 4.74 Å². The van der Waals surface area contributed by atoms with Gasteiger partial charge in [-0.05, 0) is 18.9 Å². The van der Waals surface area contributed by atoms with Crippen molar-refractivity contribution in [2.75, 3.05) is 13.7 Å². The van der Waals surface area contributed by atoms with E-state index in [-0.39, 0.29) is 0 Å². The van der Waals surface area contributed by atoms with Gasteiger partial charge in [-0.15, -0.1) is 6.58 Å². The Kier molecular flexibility index (Phi) is 6.93. The summed E-state index contributed by atoms with van der Waals surface area (Å²) in [6.07, 6.45) is 8.74. The quantitative estimate of drug-likeness (QED) is 0.448. The maximum atomic E-state index is 5.04. The van der Waals surface area contributed by atoms with Crippen molar-refractivity contribution in [1.29, 1.82) is 0 Å². The maximum Gasteiger partial charge on any atom is 0.0679 e. The van der Waals surface area contributed by atoms with E-state index >= 15 is 0 Å². The fraction of sp³-hybridized carbons (Fsp3) is 0.333. The van der Waals surface area contributed by atoms with Crippen LogP contribution in [0, 0.1) is 0 Å². The highest BCUT2D eigenvalue weighted by molar-refractivity contribution is 5.21. The second-order valence-corrected chi connectivity index (χ2v) is 2.96. The summed E-state index contributed by atoms with van der Waals surface area (Å²) < 4.78 is 5.04. The van der Waals surface area contributed by atoms with Gasteiger partial charge in [0.25, 0.3) is 0 Å². The molecule has 0 aliphatic heterocycles. The molecule has 0 aromatic heterocycles. The molecule has 1 nitrogen and oxygen atoms in total. The highest BCUT2D eigenvalue weighted by Gasteiger charge is 1.90. The lowest BCUT2D eigenvalue weighted by Crippen LogP contribution is -1.92. The van der Waals surface area contributed by atoms with Crippen molar-refractivity contribution in [3.05, 3.63) is 48.6 Å². The van der Waals surface area contributed by atoms with Crippen molar-refractivity contribution >= 4 is 0 Å². The standard InChI is InChI=1S/C12H18O/c1-5-7-12(10-13-4)9-6-8-11(2)3/h5-6,8-9H,1-2,7,10H2,3-4H3. The lowest BCUT2D eigenvalue weighted by atomic mass is 10.2. The average molecular weight is 178 g/mol. The molecule has 0 atom stereocenters. The summed E-state index contributed by atoms with van der Waals surface area (Å²) >= 11 is 0. The van der Waals surface area contributed by atoms with Crippen LogP contribution in [0.1, 0.15) is 13.3 Å². The van der Waals surface area contributed by atoms with E-state index in [9.17, 15) is 0 Å². The Morgan fingerprint density at radius 1 is 1.46 bits per heavy atom. The Bertz CT molecular complexity index is 221. The zero-order chi connectivity index (χ0) is 10.1. The van der Waals surface area contributed by atoms with Crippen molar-refractivity contribution in [3.8, 4) is 0 Å². The summed E-state index contributed by atoms with van der Waals surface area (Å²) in [5.41, 5.74) is 2.27. The molecule has 0 rings (SSSR count). The molecule has 0 spiro atoms. The molecular weight excluding hydrogens is 160 g/mol. The molecule has 0 heterocycles. The van der Waals surface area contributed by atoms with Gasteiger partial charge in [0.2, 0.25) is 0 Å². The number of allylic oxidation sites excluding steroid dienone is 5. The van der Waals surface area contributed by atoms with Crippen LogP contribution in [0.15, 0.2) is 48.6 Å². The molecule has 13 heavy (non-hydrogen) atoms. The van der Waals surface area contributed by atoms with Crippen molar-refractivity contribution in [2.24, 2.45) is 0 Å². The maximum absolute atomic E-state index is 5.04. The third kappa shape index (κ3) is 7.29. The molecule has 72 valence electrons. The summed E-state index contributed by atoms with van der Waals surface area (Å²) in [6.45, 7) is 10.1. The average Bonchev–Trinajstić information content (AvgIpc) is 2.04. The number of rotatable bonds is 6. The van der Waals surface area contributed by atoms with Crippen LogP contribution in [-0.2, 0) is 4.74 Å². The molecule has 0 fully saturated rings. The Hall–Kier alpha value is -1.08. The van der Waals surface area contributed by atoms with Gasteiger partial charge >= 0.3 is 0 Å². The monoisotopic (exact) mass is 178 g/mol. The third-order valence-electron chi connectivity index (χ3n) is 1.45. The lowest BCUT2D eigenvalue weighted by Gasteiger charge is -2.00. The second kappa shape index (κ2) is 7.56. The van der Waals surface area contributed by atoms with Crippen LogP contribution in [0.25, 0.3) is 0 Å². The Morgan fingerprint density at radius 2 is 2.15 bits per heavy atom. The van der Waals surface area contributed by atoms with Crippen molar-refractivity contribution < 1.29 is 4.74 Å². The zero-order valence-electron chi connectivity index (χ0n) is 8.55. The van der Waals surface area contributed by atoms with Gasteiger partial charge in [-0.3, -0.25) is 0 Å². The first-order chi connectivity index (χ1) is 6.20. The van der Waals surface area contributed by atoms with Gasteiger partial charge in [-0.25, -0.2) is 0 Å². The van der Waals surface area contributed by atoms with Gasteiger partial charge in [0, 0.05) is 7.11 Å². The molecule has 0 unspecified atom stereocenters. The molecule has 0 aromatic carbocycles. The van der Waals surface area contributed by atoms with Crippen molar-refractivity contribution in [2.45, 2.75) is 13.3 Å². The molecule has 0 N–H and O–H groups in total. The Labute approximate surface area is 81.1 Å². The highest BCUT2D eigenvalue weighted by Crippen LogP contribution is 2.03. The van der Waals surface area contributed by atoms with E-state index in [1.165, 1.54) is 5.57 Å². The molecule has 0 aliphatic rings. The molecule has 0 radical (unpaired) electrons. The molecule has 0 saturated heterocycles. The summed E-state index contributed by atoms with van der Waals surface area (Å²) in [7, 11) is 1.69. The van der Waals surface area contributed by atoms with Crippen LogP contribution in [0.2, 0.25) is 0 Å². The second-order valence-electron chi connectivity index (χ2n) is 2.96. The van der Waals surface area contributed by atoms with Crippen LogP contribution in [0.4, 0.5) is 0 Å². The predicted octanol–water partition coefficient (Wildman–Crippen LogP) is 3.27. The van der Waals surface area contributed by atoms with Crippen LogP contribution in [0.5, 0.6) is 0 Å². The van der Waals surface area contributed by atoms with Crippen LogP contribution >= 0.6 is 0 Å². The van der Waals surface area contributed by atoms with Gasteiger partial charge in [-0.2, -0.15) is 0 Å². The van der Waals surface area contributed by atoms with E-state index in [1.807, 2.05) is 31.2 Å². The van der Waals surface area contributed by atoms with Gasteiger partial charge in [0.15, 0.2) is 0 Å². The van der Waals surface area contributed by atoms with Crippen molar-refractivity contribution in [3.63, 3.8) is 0 Å². The largest absolute Gasteiger partial charge is 0.380 e. The number of ether oxygens (including phenoxy) is 1. The normalized spacial score (nSPS) is 12.0. The number of hydrogen-bond donors (Lipinski definition) is 0. The summed E-state index contributed by atoms with van der Waals surface area (Å²) in [5.74, 6) is 0. The molecule has 0 amide bonds. The van der Waals surface area contributed by atoms with Crippen LogP contribution < -0.4 is 0 Å². The minimum absolute atomic E-state index is 0.659. The van der Waals surface area contributed by atoms with E-state index in [0.29, 0.717) is 6.61 Å². The molecule has 0 saturated carbocycles. The Balaban J connectivity index is 4.16. The minimum Gasteiger partial charge on any atom is -0.380 e. The fourth-order valence-corrected chi connectivity index (χ4v) is 0.894. The van der Waals surface area contributed by atoms with Gasteiger partial charge in [0.1, 0.15) is 0 Å². The third-order valence-corrected chi connectivity index (χ3v) is 1.45. The highest BCUT2D eigenvalue weighted by atomic mass is 16.5. The topological polar surface area (TPSA) is 9.23 Å². The first-order valence-corrected chi connectivity index (χ1v) is 4.32. The first-order valence-electron chi connectivity index (χ1n) is 4.32. The molecule has 0 aromatic rings. The van der Waals surface area contributed by atoms with E-state index < -0.39 is 0 Å². The van der Waals surface area contributed by atoms with Crippen LogP contribution in [0.3, 0.4) is 0 Å². The van der Waals surface area contributed by atoms with E-state index in [4.69, 9.17) is 4.74 Å². The van der Waals surface area contributed by atoms with E-state index in [1.54, 1.807) is 7.11 Å². The van der Waals surface area contributed by atoms with Gasteiger partial charge in [-0.1, -0.05) is 36.5 Å². The number of methoxy groups -OCH3 is 1. The van der Waals surface area contributed by atoms with E-state index in [2.05, 4.69) is 13.2 Å². The SMILES string of the molecule is C=CCC(=CC=CC(=C)C)COC. The Morgan fingerprint density at radius 3 is 2.62 bits per heavy atom. The number of hydrogen-bond acceptors (Lipinski definition) is 1. The molecule has 0 bridgehead atoms. The summed E-state index contributed by atoms with van der Waals surface area (Å²) in [4.78, 5) is 0. The lowest BCUT2D eigenvalue weighted by molar-refractivity contribution is 0.224. The molecule has 0 aliphatic carbocycles. The summed E-state index contributed by atoms with van der Waals surface area (Å²) in [6, 6.07) is 0. The fourth-order valence-electron chi connectivity index (χ4n) is 0.894. The molecule has 1 heteroatoms. The zero-order valence-corrected chi connectivity index (χ0v) is 8.55. The smallest absolute Gasteiger partial charge is 0.0679 e. The summed E-state index contributed by atoms with van der Waals surface area (Å²) in [5, 5.41) is 0. The first kappa shape index (κ1) is 11.9. The van der Waals surface area contributed by atoms with Crippen LogP contribution in [-0.4, -0.2) is 13.7 Å². The molecular formula is C12H18O. The minimum atomic E-state index is 0.659. The van der Waals surface area contributed by atoms with E-state index in [0.717, 1.165) is 12.0 Å². The predicted molar refractivity (Wildman–Crippen MR) is 58.7 cm³/mol. The van der Waals surface area contributed by atoms with Crippen molar-refractivity contribution in [1.82, 2.24) is 0 Å².